The molecule has 0 spiro atoms. The molecular weight excluding hydrogens is 382 g/mol. The van der Waals surface area contributed by atoms with Crippen molar-refractivity contribution in [1.82, 2.24) is 4.90 Å². The highest BCUT2D eigenvalue weighted by atomic mass is 35.5. The van der Waals surface area contributed by atoms with Gasteiger partial charge in [0.1, 0.15) is 11.4 Å². The zero-order valence-corrected chi connectivity index (χ0v) is 16.6. The average molecular weight is 404 g/mol. The van der Waals surface area contributed by atoms with Crippen LogP contribution < -0.4 is 9.64 Å². The maximum atomic E-state index is 12.7. The van der Waals surface area contributed by atoms with Crippen molar-refractivity contribution < 1.29 is 14.5 Å². The summed E-state index contributed by atoms with van der Waals surface area (Å²) in [5.41, 5.74) is 1.10. The normalized spacial score (nSPS) is 14.3. The van der Waals surface area contributed by atoms with Crippen molar-refractivity contribution in [3.05, 3.63) is 63.2 Å². The molecule has 1 aliphatic rings. The van der Waals surface area contributed by atoms with Gasteiger partial charge in [0.15, 0.2) is 0 Å². The number of anilines is 1. The van der Waals surface area contributed by atoms with Crippen LogP contribution in [0, 0.1) is 10.1 Å². The van der Waals surface area contributed by atoms with Crippen molar-refractivity contribution in [2.75, 3.05) is 31.1 Å². The Morgan fingerprint density at radius 3 is 2.32 bits per heavy atom. The number of rotatable bonds is 5. The van der Waals surface area contributed by atoms with Gasteiger partial charge in [-0.3, -0.25) is 14.9 Å². The molecule has 0 atom stereocenters. The van der Waals surface area contributed by atoms with Gasteiger partial charge in [0.2, 0.25) is 0 Å². The Hall–Kier alpha value is -2.80. The summed E-state index contributed by atoms with van der Waals surface area (Å²) in [6.45, 7) is 5.91. The van der Waals surface area contributed by atoms with Gasteiger partial charge in [-0.2, -0.15) is 0 Å². The summed E-state index contributed by atoms with van der Waals surface area (Å²) >= 11 is 5.89. The van der Waals surface area contributed by atoms with E-state index in [1.165, 1.54) is 6.07 Å². The first-order valence-electron chi connectivity index (χ1n) is 9.10. The lowest BCUT2D eigenvalue weighted by molar-refractivity contribution is -0.384. The van der Waals surface area contributed by atoms with Crippen molar-refractivity contribution >= 4 is 28.9 Å². The van der Waals surface area contributed by atoms with Crippen LogP contribution in [0.15, 0.2) is 42.5 Å². The quantitative estimate of drug-likeness (QED) is 0.557. The van der Waals surface area contributed by atoms with E-state index in [1.54, 1.807) is 41.3 Å². The van der Waals surface area contributed by atoms with Gasteiger partial charge in [-0.05, 0) is 50.2 Å². The molecule has 2 aromatic rings. The molecule has 0 radical (unpaired) electrons. The summed E-state index contributed by atoms with van der Waals surface area (Å²) < 4.78 is 5.60. The Balaban J connectivity index is 1.65. The lowest BCUT2D eigenvalue weighted by Crippen LogP contribution is -2.48. The summed E-state index contributed by atoms with van der Waals surface area (Å²) in [6, 6.07) is 11.8. The van der Waals surface area contributed by atoms with E-state index < -0.39 is 4.92 Å². The van der Waals surface area contributed by atoms with E-state index in [4.69, 9.17) is 16.3 Å². The van der Waals surface area contributed by atoms with Gasteiger partial charge in [-0.1, -0.05) is 11.6 Å². The second-order valence-electron chi connectivity index (χ2n) is 6.86. The van der Waals surface area contributed by atoms with Gasteiger partial charge < -0.3 is 14.5 Å². The number of carbonyl (C=O) groups excluding carboxylic acids is 1. The molecular formula is C20H22ClN3O4. The summed E-state index contributed by atoms with van der Waals surface area (Å²) in [7, 11) is 0. The van der Waals surface area contributed by atoms with Crippen LogP contribution >= 0.6 is 11.6 Å². The fraction of sp³-hybridized carbons (Fsp3) is 0.350. The summed E-state index contributed by atoms with van der Waals surface area (Å²) in [5, 5.41) is 11.6. The molecule has 1 amide bonds. The molecule has 1 heterocycles. The van der Waals surface area contributed by atoms with Gasteiger partial charge in [0, 0.05) is 42.8 Å². The Morgan fingerprint density at radius 2 is 1.75 bits per heavy atom. The monoisotopic (exact) mass is 403 g/mol. The van der Waals surface area contributed by atoms with E-state index in [0.29, 0.717) is 42.5 Å². The summed E-state index contributed by atoms with van der Waals surface area (Å²) in [5.74, 6) is 0.674. The highest BCUT2D eigenvalue weighted by Gasteiger charge is 2.26. The number of carbonyl (C=O) groups is 1. The van der Waals surface area contributed by atoms with Gasteiger partial charge in [0.25, 0.3) is 11.6 Å². The predicted octanol–water partition coefficient (Wildman–Crippen LogP) is 4.00. The Morgan fingerprint density at radius 1 is 1.11 bits per heavy atom. The van der Waals surface area contributed by atoms with Crippen LogP contribution in [-0.4, -0.2) is 48.0 Å². The van der Waals surface area contributed by atoms with Crippen LogP contribution in [0.3, 0.4) is 0 Å². The molecule has 28 heavy (non-hydrogen) atoms. The van der Waals surface area contributed by atoms with Gasteiger partial charge in [0.05, 0.1) is 11.0 Å². The van der Waals surface area contributed by atoms with Crippen LogP contribution in [0.25, 0.3) is 0 Å². The van der Waals surface area contributed by atoms with Crippen LogP contribution in [0.5, 0.6) is 5.75 Å². The number of amides is 1. The van der Waals surface area contributed by atoms with E-state index in [-0.39, 0.29) is 17.7 Å². The Labute approximate surface area is 168 Å². The number of nitrogens with zero attached hydrogens (tertiary/aromatic N) is 3. The SMILES string of the molecule is CC(C)Oc1ccc(C(=O)N2CCN(c3ccc(Cl)cc3[N+](=O)[O-])CC2)cc1. The second-order valence-corrected chi connectivity index (χ2v) is 7.30. The highest BCUT2D eigenvalue weighted by Crippen LogP contribution is 2.31. The third-order valence-corrected chi connectivity index (χ3v) is 4.75. The summed E-state index contributed by atoms with van der Waals surface area (Å²) in [4.78, 5) is 27.3. The first-order valence-corrected chi connectivity index (χ1v) is 9.48. The molecule has 0 saturated carbocycles. The van der Waals surface area contributed by atoms with Gasteiger partial charge in [-0.25, -0.2) is 0 Å². The number of hydrogen-bond donors (Lipinski definition) is 0. The first kappa shape index (κ1) is 19.9. The van der Waals surface area contributed by atoms with Crippen LogP contribution in [-0.2, 0) is 0 Å². The minimum Gasteiger partial charge on any atom is -0.491 e. The van der Waals surface area contributed by atoms with Crippen LogP contribution in [0.4, 0.5) is 11.4 Å². The first-order chi connectivity index (χ1) is 13.3. The molecule has 1 aliphatic heterocycles. The number of halogens is 1. The van der Waals surface area contributed by atoms with Gasteiger partial charge in [-0.15, -0.1) is 0 Å². The molecule has 148 valence electrons. The standard InChI is InChI=1S/C20H22ClN3O4/c1-14(2)28-17-6-3-15(4-7-17)20(25)23-11-9-22(10-12-23)18-8-5-16(21)13-19(18)24(26)27/h3-8,13-14H,9-12H2,1-2H3. The molecule has 7 nitrogen and oxygen atoms in total. The second kappa shape index (κ2) is 8.48. The number of benzene rings is 2. The minimum absolute atomic E-state index is 0.0204. The van der Waals surface area contributed by atoms with Crippen molar-refractivity contribution in [2.24, 2.45) is 0 Å². The molecule has 3 rings (SSSR count). The van der Waals surface area contributed by atoms with Crippen molar-refractivity contribution in [1.29, 1.82) is 0 Å². The third-order valence-electron chi connectivity index (χ3n) is 4.51. The van der Waals surface area contributed by atoms with Crippen molar-refractivity contribution in [3.8, 4) is 5.75 Å². The fourth-order valence-corrected chi connectivity index (χ4v) is 3.36. The summed E-state index contributed by atoms with van der Waals surface area (Å²) in [6.07, 6.45) is 0.0755. The zero-order chi connectivity index (χ0) is 20.3. The molecule has 1 fully saturated rings. The number of ether oxygens (including phenoxy) is 1. The van der Waals surface area contributed by atoms with Gasteiger partial charge >= 0.3 is 0 Å². The largest absolute Gasteiger partial charge is 0.491 e. The van der Waals surface area contributed by atoms with Crippen molar-refractivity contribution in [2.45, 2.75) is 20.0 Å². The van der Waals surface area contributed by atoms with Crippen molar-refractivity contribution in [3.63, 3.8) is 0 Å². The molecule has 8 heteroatoms. The smallest absolute Gasteiger partial charge is 0.294 e. The number of hydrogen-bond acceptors (Lipinski definition) is 5. The maximum Gasteiger partial charge on any atom is 0.294 e. The molecule has 0 aromatic heterocycles. The molecule has 1 saturated heterocycles. The molecule has 0 N–H and O–H groups in total. The fourth-order valence-electron chi connectivity index (χ4n) is 3.19. The molecule has 0 bridgehead atoms. The lowest BCUT2D eigenvalue weighted by atomic mass is 10.1. The van der Waals surface area contributed by atoms with E-state index in [9.17, 15) is 14.9 Å². The van der Waals surface area contributed by atoms with E-state index >= 15 is 0 Å². The zero-order valence-electron chi connectivity index (χ0n) is 15.8. The third kappa shape index (κ3) is 4.54. The lowest BCUT2D eigenvalue weighted by Gasteiger charge is -2.35. The minimum atomic E-state index is -0.431. The number of nitro groups is 1. The Bertz CT molecular complexity index is 862. The number of piperazine rings is 1. The molecule has 0 aliphatic carbocycles. The maximum absolute atomic E-state index is 12.7. The Kier molecular flexibility index (Phi) is 6.04. The topological polar surface area (TPSA) is 75.9 Å². The van der Waals surface area contributed by atoms with Crippen LogP contribution in [0.1, 0.15) is 24.2 Å². The van der Waals surface area contributed by atoms with Crippen LogP contribution in [0.2, 0.25) is 5.02 Å². The highest BCUT2D eigenvalue weighted by molar-refractivity contribution is 6.30. The van der Waals surface area contributed by atoms with E-state index in [1.807, 2.05) is 18.7 Å². The molecule has 2 aromatic carbocycles. The average Bonchev–Trinajstić information content (AvgIpc) is 2.67. The number of nitro benzene ring substituents is 1. The molecule has 0 unspecified atom stereocenters. The predicted molar refractivity (Wildman–Crippen MR) is 108 cm³/mol. The van der Waals surface area contributed by atoms with E-state index in [0.717, 1.165) is 5.75 Å². The van der Waals surface area contributed by atoms with E-state index in [2.05, 4.69) is 0 Å².